The van der Waals surface area contributed by atoms with Crippen LogP contribution in [0, 0.1) is 0 Å². The van der Waals surface area contributed by atoms with Crippen molar-refractivity contribution in [2.75, 3.05) is 50.6 Å². The van der Waals surface area contributed by atoms with Gasteiger partial charge in [-0.05, 0) is 36.4 Å². The first-order valence-corrected chi connectivity index (χ1v) is 14.9. The molecular weight excluding hydrogens is 600 g/mol. The number of amides is 1. The zero-order chi connectivity index (χ0) is 31.5. The molecule has 2 heterocycles. The van der Waals surface area contributed by atoms with Crippen LogP contribution in [0.1, 0.15) is 16.8 Å². The standard InChI is InChI=1S/C29H29F2N5O7S/c1-41-19-14-23(25(24(15-19)42-2)43-13-5-12-37)34-26-27(33-22-7-4-3-6-21(22)32-26)35-44(39,40)20-10-8-18(9-11-20)28(38)36-16-29(30,31)17-36/h3-4,6-11,14-15,37H,5,12-13,16-17H2,1-2H3,(H,32,34)(H,33,35). The molecule has 5 rings (SSSR count). The van der Waals surface area contributed by atoms with E-state index in [4.69, 9.17) is 14.2 Å². The van der Waals surface area contributed by atoms with Gasteiger partial charge >= 0.3 is 0 Å². The number of carbonyl (C=O) groups is 1. The maximum atomic E-state index is 13.5. The average Bonchev–Trinajstić information content (AvgIpc) is 3.00. The molecule has 12 nitrogen and oxygen atoms in total. The molecule has 4 aromatic rings. The fourth-order valence-electron chi connectivity index (χ4n) is 4.41. The smallest absolute Gasteiger partial charge is 0.282 e. The largest absolute Gasteiger partial charge is 0.497 e. The van der Waals surface area contributed by atoms with Gasteiger partial charge in [-0.2, -0.15) is 0 Å². The molecule has 0 bridgehead atoms. The molecule has 232 valence electrons. The van der Waals surface area contributed by atoms with E-state index >= 15 is 0 Å². The van der Waals surface area contributed by atoms with Crippen LogP contribution in [-0.2, 0) is 10.0 Å². The zero-order valence-corrected chi connectivity index (χ0v) is 24.5. The Morgan fingerprint density at radius 3 is 2.25 bits per heavy atom. The second-order valence-corrected chi connectivity index (χ2v) is 11.5. The Morgan fingerprint density at radius 1 is 1.00 bits per heavy atom. The van der Waals surface area contributed by atoms with E-state index in [0.29, 0.717) is 34.6 Å². The number of aliphatic hydroxyl groups excluding tert-OH is 1. The number of para-hydroxylation sites is 2. The predicted molar refractivity (Wildman–Crippen MR) is 158 cm³/mol. The molecule has 1 amide bonds. The van der Waals surface area contributed by atoms with Gasteiger partial charge in [0.15, 0.2) is 23.1 Å². The summed E-state index contributed by atoms with van der Waals surface area (Å²) in [6.45, 7) is -1.30. The Kier molecular flexibility index (Phi) is 8.69. The predicted octanol–water partition coefficient (Wildman–Crippen LogP) is 4.04. The highest BCUT2D eigenvalue weighted by atomic mass is 32.2. The van der Waals surface area contributed by atoms with Crippen molar-refractivity contribution in [1.29, 1.82) is 0 Å². The molecule has 44 heavy (non-hydrogen) atoms. The summed E-state index contributed by atoms with van der Waals surface area (Å²) in [7, 11) is -1.35. The summed E-state index contributed by atoms with van der Waals surface area (Å²) in [5.74, 6) is -2.66. The number of ether oxygens (including phenoxy) is 3. The van der Waals surface area contributed by atoms with Crippen LogP contribution in [0.5, 0.6) is 17.2 Å². The molecular formula is C29H29F2N5O7S. The number of benzene rings is 3. The van der Waals surface area contributed by atoms with Crippen LogP contribution < -0.4 is 24.2 Å². The molecule has 3 N–H and O–H groups in total. The summed E-state index contributed by atoms with van der Waals surface area (Å²) in [6, 6.07) is 15.0. The van der Waals surface area contributed by atoms with Gasteiger partial charge in [-0.25, -0.2) is 27.2 Å². The summed E-state index contributed by atoms with van der Waals surface area (Å²) in [5.41, 5.74) is 1.28. The first-order valence-electron chi connectivity index (χ1n) is 13.4. The number of rotatable bonds is 12. The first kappa shape index (κ1) is 30.7. The Hall–Kier alpha value is -4.76. The zero-order valence-electron chi connectivity index (χ0n) is 23.7. The molecule has 0 saturated carbocycles. The average molecular weight is 630 g/mol. The quantitative estimate of drug-likeness (QED) is 0.196. The Labute approximate surface area is 251 Å². The van der Waals surface area contributed by atoms with Crippen LogP contribution in [0.2, 0.25) is 0 Å². The van der Waals surface area contributed by atoms with E-state index in [-0.39, 0.29) is 41.1 Å². The number of hydrogen-bond acceptors (Lipinski definition) is 10. The summed E-state index contributed by atoms with van der Waals surface area (Å²) < 4.78 is 72.5. The third-order valence-electron chi connectivity index (χ3n) is 6.63. The molecule has 3 aromatic carbocycles. The van der Waals surface area contributed by atoms with Crippen molar-refractivity contribution in [2.45, 2.75) is 17.2 Å². The number of nitrogens with one attached hydrogen (secondary N) is 2. The lowest BCUT2D eigenvalue weighted by Crippen LogP contribution is -2.58. The van der Waals surface area contributed by atoms with Gasteiger partial charge < -0.3 is 29.5 Å². The van der Waals surface area contributed by atoms with Gasteiger partial charge in [0.25, 0.3) is 21.9 Å². The lowest BCUT2D eigenvalue weighted by atomic mass is 10.1. The maximum absolute atomic E-state index is 13.5. The second kappa shape index (κ2) is 12.5. The fourth-order valence-corrected chi connectivity index (χ4v) is 5.42. The highest BCUT2D eigenvalue weighted by Gasteiger charge is 2.46. The number of likely N-dealkylation sites (tertiary alicyclic amines) is 1. The summed E-state index contributed by atoms with van der Waals surface area (Å²) >= 11 is 0. The van der Waals surface area contributed by atoms with Crippen molar-refractivity contribution in [3.05, 3.63) is 66.2 Å². The van der Waals surface area contributed by atoms with Crippen molar-refractivity contribution in [1.82, 2.24) is 14.9 Å². The SMILES string of the molecule is COc1cc(Nc2nc3ccccc3nc2NS(=O)(=O)c2ccc(C(=O)N3CC(F)(F)C3)cc2)c(OCCCO)c(OC)c1. The van der Waals surface area contributed by atoms with Crippen molar-refractivity contribution >= 4 is 44.3 Å². The molecule has 1 saturated heterocycles. The molecule has 0 aliphatic carbocycles. The van der Waals surface area contributed by atoms with E-state index in [1.165, 1.54) is 38.5 Å². The molecule has 0 spiro atoms. The molecule has 1 aliphatic rings. The van der Waals surface area contributed by atoms with Gasteiger partial charge in [0.1, 0.15) is 5.75 Å². The van der Waals surface area contributed by atoms with Crippen molar-refractivity contribution < 1.29 is 41.3 Å². The van der Waals surface area contributed by atoms with E-state index in [0.717, 1.165) is 4.90 Å². The van der Waals surface area contributed by atoms with Gasteiger partial charge in [0.05, 0.1) is 55.5 Å². The van der Waals surface area contributed by atoms with Crippen LogP contribution >= 0.6 is 0 Å². The monoisotopic (exact) mass is 629 g/mol. The van der Waals surface area contributed by atoms with Crippen LogP contribution in [0.4, 0.5) is 26.1 Å². The Balaban J connectivity index is 1.48. The Morgan fingerprint density at radius 2 is 1.66 bits per heavy atom. The Bertz CT molecular complexity index is 1780. The number of hydrogen-bond donors (Lipinski definition) is 3. The molecule has 15 heteroatoms. The third kappa shape index (κ3) is 6.58. The topological polar surface area (TPSA) is 152 Å². The number of anilines is 3. The number of alkyl halides is 2. The van der Waals surface area contributed by atoms with E-state index < -0.39 is 34.9 Å². The lowest BCUT2D eigenvalue weighted by molar-refractivity contribution is -0.113. The summed E-state index contributed by atoms with van der Waals surface area (Å²) in [6.07, 6.45) is 0.352. The van der Waals surface area contributed by atoms with Crippen LogP contribution in [0.3, 0.4) is 0 Å². The van der Waals surface area contributed by atoms with Gasteiger partial charge in [-0.3, -0.25) is 9.52 Å². The lowest BCUT2D eigenvalue weighted by Gasteiger charge is -2.38. The highest BCUT2D eigenvalue weighted by molar-refractivity contribution is 7.92. The fraction of sp³-hybridized carbons (Fsp3) is 0.276. The number of fused-ring (bicyclic) bond motifs is 1. The van der Waals surface area contributed by atoms with Gasteiger partial charge in [-0.1, -0.05) is 12.1 Å². The number of sulfonamides is 1. The van der Waals surface area contributed by atoms with Crippen molar-refractivity contribution in [2.24, 2.45) is 0 Å². The van der Waals surface area contributed by atoms with Crippen LogP contribution in [0.15, 0.2) is 65.6 Å². The molecule has 1 fully saturated rings. The molecule has 0 unspecified atom stereocenters. The van der Waals surface area contributed by atoms with Gasteiger partial charge in [0.2, 0.25) is 0 Å². The minimum atomic E-state index is -4.27. The number of aliphatic hydroxyl groups is 1. The van der Waals surface area contributed by atoms with E-state index in [9.17, 15) is 27.1 Å². The summed E-state index contributed by atoms with van der Waals surface area (Å²) in [5, 5.41) is 12.3. The number of methoxy groups -OCH3 is 2. The van der Waals surface area contributed by atoms with Gasteiger partial charge in [0, 0.05) is 30.7 Å². The van der Waals surface area contributed by atoms with Crippen molar-refractivity contribution in [3.8, 4) is 17.2 Å². The minimum absolute atomic E-state index is 0.0279. The van der Waals surface area contributed by atoms with E-state index in [1.807, 2.05) is 0 Å². The highest BCUT2D eigenvalue weighted by Crippen LogP contribution is 2.42. The molecule has 0 radical (unpaired) electrons. The molecule has 0 atom stereocenters. The number of carbonyl (C=O) groups excluding carboxylic acids is 1. The second-order valence-electron chi connectivity index (χ2n) is 9.81. The minimum Gasteiger partial charge on any atom is -0.497 e. The van der Waals surface area contributed by atoms with Crippen LogP contribution in [-0.4, -0.2) is 80.7 Å². The van der Waals surface area contributed by atoms with Crippen LogP contribution in [0.25, 0.3) is 11.0 Å². The third-order valence-corrected chi connectivity index (χ3v) is 7.99. The number of halogens is 2. The normalized spacial score (nSPS) is 14.1. The van der Waals surface area contributed by atoms with Crippen molar-refractivity contribution in [3.63, 3.8) is 0 Å². The molecule has 1 aliphatic heterocycles. The van der Waals surface area contributed by atoms with E-state index in [2.05, 4.69) is 20.0 Å². The maximum Gasteiger partial charge on any atom is 0.282 e. The van der Waals surface area contributed by atoms with E-state index in [1.54, 1.807) is 36.4 Å². The number of aromatic nitrogens is 2. The first-order chi connectivity index (χ1) is 21.0. The summed E-state index contributed by atoms with van der Waals surface area (Å²) in [4.78, 5) is 22.3. The number of nitrogens with zero attached hydrogens (tertiary/aromatic N) is 3. The molecule has 1 aromatic heterocycles. The van der Waals surface area contributed by atoms with Gasteiger partial charge in [-0.15, -0.1) is 0 Å².